The van der Waals surface area contributed by atoms with Crippen molar-refractivity contribution in [2.45, 2.75) is 12.5 Å². The monoisotopic (exact) mass is 353 g/mol. The lowest BCUT2D eigenvalue weighted by molar-refractivity contribution is 0.107. The van der Waals surface area contributed by atoms with Crippen LogP contribution in [0.15, 0.2) is 18.2 Å². The first-order valence-corrected chi connectivity index (χ1v) is 8.69. The second-order valence-electron chi connectivity index (χ2n) is 4.43. The van der Waals surface area contributed by atoms with Gasteiger partial charge >= 0.3 is 0 Å². The molecule has 0 radical (unpaired) electrons. The van der Waals surface area contributed by atoms with Gasteiger partial charge in [-0.25, -0.2) is 0 Å². The second kappa shape index (κ2) is 11.4. The van der Waals surface area contributed by atoms with Crippen LogP contribution in [0.1, 0.15) is 6.42 Å². The highest BCUT2D eigenvalue weighted by atomic mass is 35.5. The maximum atomic E-state index is 9.80. The van der Waals surface area contributed by atoms with Crippen molar-refractivity contribution in [2.24, 2.45) is 0 Å². The smallest absolute Gasteiger partial charge is 0.138 e. The van der Waals surface area contributed by atoms with E-state index in [1.54, 1.807) is 30.0 Å². The number of halogens is 2. The van der Waals surface area contributed by atoms with Crippen LogP contribution < -0.4 is 10.1 Å². The molecule has 1 atom stereocenters. The molecule has 1 aromatic rings. The molecule has 1 rings (SSSR count). The number of aliphatic hydroxyl groups excluding tert-OH is 2. The zero-order chi connectivity index (χ0) is 15.5. The number of rotatable bonds is 11. The summed E-state index contributed by atoms with van der Waals surface area (Å²) in [5.41, 5.74) is 0. The first-order chi connectivity index (χ1) is 10.1. The van der Waals surface area contributed by atoms with Crippen molar-refractivity contribution < 1.29 is 14.9 Å². The SMILES string of the molecule is OCCCSCCNCC(O)COc1ccc(Cl)cc1Cl. The highest BCUT2D eigenvalue weighted by Gasteiger charge is 2.07. The zero-order valence-electron chi connectivity index (χ0n) is 11.7. The lowest BCUT2D eigenvalue weighted by Crippen LogP contribution is -2.32. The van der Waals surface area contributed by atoms with Gasteiger partial charge in [0.2, 0.25) is 0 Å². The van der Waals surface area contributed by atoms with Gasteiger partial charge in [0.15, 0.2) is 0 Å². The van der Waals surface area contributed by atoms with E-state index < -0.39 is 6.10 Å². The summed E-state index contributed by atoms with van der Waals surface area (Å²) in [4.78, 5) is 0. The van der Waals surface area contributed by atoms with E-state index >= 15 is 0 Å². The molecule has 4 nitrogen and oxygen atoms in total. The predicted octanol–water partition coefficient (Wildman–Crippen LogP) is 2.44. The Bertz CT molecular complexity index is 410. The van der Waals surface area contributed by atoms with Gasteiger partial charge in [0.25, 0.3) is 0 Å². The lowest BCUT2D eigenvalue weighted by Gasteiger charge is -2.14. The summed E-state index contributed by atoms with van der Waals surface area (Å²) < 4.78 is 5.45. The van der Waals surface area contributed by atoms with Gasteiger partial charge in [-0.15, -0.1) is 0 Å². The molecule has 0 spiro atoms. The van der Waals surface area contributed by atoms with Crippen LogP contribution in [0.2, 0.25) is 10.0 Å². The van der Waals surface area contributed by atoms with E-state index in [0.717, 1.165) is 24.5 Å². The normalized spacial score (nSPS) is 12.4. The summed E-state index contributed by atoms with van der Waals surface area (Å²) in [6, 6.07) is 4.98. The fraction of sp³-hybridized carbons (Fsp3) is 0.571. The van der Waals surface area contributed by atoms with E-state index in [4.69, 9.17) is 33.0 Å². The summed E-state index contributed by atoms with van der Waals surface area (Å²) in [5.74, 6) is 2.43. The molecule has 0 bridgehead atoms. The first kappa shape index (κ1) is 18.9. The Labute approximate surface area is 139 Å². The highest BCUT2D eigenvalue weighted by molar-refractivity contribution is 7.99. The third-order valence-electron chi connectivity index (χ3n) is 2.58. The molecule has 0 heterocycles. The molecule has 0 saturated carbocycles. The molecule has 0 amide bonds. The minimum Gasteiger partial charge on any atom is -0.489 e. The van der Waals surface area contributed by atoms with Crippen molar-refractivity contribution >= 4 is 35.0 Å². The fourth-order valence-corrected chi connectivity index (χ4v) is 2.81. The second-order valence-corrected chi connectivity index (χ2v) is 6.50. The molecule has 1 unspecified atom stereocenters. The molecule has 0 saturated heterocycles. The number of benzene rings is 1. The van der Waals surface area contributed by atoms with Crippen LogP contribution >= 0.6 is 35.0 Å². The topological polar surface area (TPSA) is 61.7 Å². The van der Waals surface area contributed by atoms with Crippen molar-refractivity contribution in [3.63, 3.8) is 0 Å². The van der Waals surface area contributed by atoms with E-state index in [-0.39, 0.29) is 13.2 Å². The van der Waals surface area contributed by atoms with Gasteiger partial charge < -0.3 is 20.3 Å². The number of hydrogen-bond donors (Lipinski definition) is 3. The van der Waals surface area contributed by atoms with Crippen molar-refractivity contribution in [3.05, 3.63) is 28.2 Å². The molecule has 0 aliphatic rings. The van der Waals surface area contributed by atoms with E-state index in [1.165, 1.54) is 0 Å². The fourth-order valence-electron chi connectivity index (χ4n) is 1.52. The Balaban J connectivity index is 2.09. The molecule has 1 aromatic carbocycles. The zero-order valence-corrected chi connectivity index (χ0v) is 14.1. The molecule has 7 heteroatoms. The molecule has 0 aliphatic carbocycles. The van der Waals surface area contributed by atoms with Crippen molar-refractivity contribution in [2.75, 3.05) is 37.8 Å². The van der Waals surface area contributed by atoms with Gasteiger partial charge in [0.05, 0.1) is 5.02 Å². The summed E-state index contributed by atoms with van der Waals surface area (Å²) in [6.07, 6.45) is 0.224. The van der Waals surface area contributed by atoms with Crippen LogP contribution in [0.5, 0.6) is 5.75 Å². The van der Waals surface area contributed by atoms with Crippen LogP contribution in [0.4, 0.5) is 0 Å². The highest BCUT2D eigenvalue weighted by Crippen LogP contribution is 2.27. The summed E-state index contributed by atoms with van der Waals surface area (Å²) in [6.45, 7) is 1.69. The third kappa shape index (κ3) is 8.76. The molecule has 3 N–H and O–H groups in total. The number of hydrogen-bond acceptors (Lipinski definition) is 5. The van der Waals surface area contributed by atoms with Gasteiger partial charge in [-0.2, -0.15) is 11.8 Å². The quantitative estimate of drug-likeness (QED) is 0.533. The van der Waals surface area contributed by atoms with Gasteiger partial charge in [-0.3, -0.25) is 0 Å². The van der Waals surface area contributed by atoms with E-state index in [1.807, 2.05) is 0 Å². The maximum absolute atomic E-state index is 9.80. The standard InChI is InChI=1S/C14H21Cl2NO3S/c15-11-2-3-14(13(16)8-11)20-10-12(19)9-17-4-7-21-6-1-5-18/h2-3,8,12,17-19H,1,4-7,9-10H2. The summed E-state index contributed by atoms with van der Waals surface area (Å²) >= 11 is 13.5. The van der Waals surface area contributed by atoms with E-state index in [9.17, 15) is 5.11 Å². The van der Waals surface area contributed by atoms with E-state index in [2.05, 4.69) is 5.32 Å². The number of nitrogens with one attached hydrogen (secondary N) is 1. The van der Waals surface area contributed by atoms with Crippen LogP contribution in [0.3, 0.4) is 0 Å². The number of aliphatic hydroxyl groups is 2. The van der Waals surface area contributed by atoms with Gasteiger partial charge in [0, 0.05) is 30.5 Å². The third-order valence-corrected chi connectivity index (χ3v) is 4.18. The minimum absolute atomic E-state index is 0.173. The number of thioether (sulfide) groups is 1. The van der Waals surface area contributed by atoms with Crippen LogP contribution in [-0.2, 0) is 0 Å². The first-order valence-electron chi connectivity index (χ1n) is 6.78. The maximum Gasteiger partial charge on any atom is 0.138 e. The van der Waals surface area contributed by atoms with Crippen LogP contribution in [-0.4, -0.2) is 54.1 Å². The van der Waals surface area contributed by atoms with Crippen LogP contribution in [0.25, 0.3) is 0 Å². The summed E-state index contributed by atoms with van der Waals surface area (Å²) in [5, 5.41) is 22.6. The Morgan fingerprint density at radius 3 is 2.81 bits per heavy atom. The van der Waals surface area contributed by atoms with Gasteiger partial charge in [-0.1, -0.05) is 23.2 Å². The Morgan fingerprint density at radius 2 is 2.10 bits per heavy atom. The molecule has 0 aliphatic heterocycles. The van der Waals surface area contributed by atoms with Crippen LogP contribution in [0, 0.1) is 0 Å². The summed E-state index contributed by atoms with van der Waals surface area (Å²) in [7, 11) is 0. The largest absolute Gasteiger partial charge is 0.489 e. The average Bonchev–Trinajstić information content (AvgIpc) is 2.45. The molecule has 21 heavy (non-hydrogen) atoms. The Hall–Kier alpha value is -0.170. The molecule has 0 fully saturated rings. The van der Waals surface area contributed by atoms with Crippen molar-refractivity contribution in [1.82, 2.24) is 5.32 Å². The molecule has 120 valence electrons. The van der Waals surface area contributed by atoms with E-state index in [0.29, 0.717) is 22.3 Å². The van der Waals surface area contributed by atoms with Crippen molar-refractivity contribution in [3.8, 4) is 5.75 Å². The predicted molar refractivity (Wildman–Crippen MR) is 89.9 cm³/mol. The number of ether oxygens (including phenoxy) is 1. The van der Waals surface area contributed by atoms with Gasteiger partial charge in [-0.05, 0) is 30.4 Å². The Kier molecular flexibility index (Phi) is 10.3. The average molecular weight is 354 g/mol. The molecular weight excluding hydrogens is 333 g/mol. The minimum atomic E-state index is -0.598. The lowest BCUT2D eigenvalue weighted by atomic mass is 10.3. The molecular formula is C14H21Cl2NO3S. The Morgan fingerprint density at radius 1 is 1.29 bits per heavy atom. The molecule has 0 aromatic heterocycles. The van der Waals surface area contributed by atoms with Gasteiger partial charge in [0.1, 0.15) is 18.5 Å². The van der Waals surface area contributed by atoms with Crippen molar-refractivity contribution in [1.29, 1.82) is 0 Å².